The van der Waals surface area contributed by atoms with Gasteiger partial charge in [-0.05, 0) is 19.3 Å². The molecule has 1 fully saturated rings. The fourth-order valence-electron chi connectivity index (χ4n) is 2.80. The van der Waals surface area contributed by atoms with Crippen LogP contribution in [-0.4, -0.2) is 41.8 Å². The monoisotopic (exact) mass is 299 g/mol. The predicted octanol–water partition coefficient (Wildman–Crippen LogP) is 1.21. The van der Waals surface area contributed by atoms with Gasteiger partial charge in [0.2, 0.25) is 11.8 Å². The van der Waals surface area contributed by atoms with Crippen molar-refractivity contribution >= 4 is 29.0 Å². The first kappa shape index (κ1) is 16.9. The second-order valence-corrected chi connectivity index (χ2v) is 5.85. The molecule has 0 unspecified atom stereocenters. The first-order valence-electron chi connectivity index (χ1n) is 7.27. The van der Waals surface area contributed by atoms with Crippen LogP contribution < -0.4 is 11.1 Å². The fraction of sp³-hybridized carbons (Fsp3) is 0.786. The maximum atomic E-state index is 12.9. The Bertz CT molecular complexity index is 379. The molecule has 0 aliphatic heterocycles. The second-order valence-electron chi connectivity index (χ2n) is 5.41. The lowest BCUT2D eigenvalue weighted by atomic mass is 9.73. The molecule has 20 heavy (non-hydrogen) atoms. The summed E-state index contributed by atoms with van der Waals surface area (Å²) in [6.07, 6.45) is 5.24. The van der Waals surface area contributed by atoms with E-state index in [-0.39, 0.29) is 23.3 Å². The van der Waals surface area contributed by atoms with Crippen molar-refractivity contribution in [3.05, 3.63) is 0 Å². The van der Waals surface area contributed by atoms with E-state index in [9.17, 15) is 9.59 Å². The van der Waals surface area contributed by atoms with Crippen molar-refractivity contribution in [2.75, 3.05) is 20.1 Å². The molecule has 6 heteroatoms. The standard InChI is InChI=1S/C14H25N3O2S/c1-3-9-17(10-11(18)16-2)13(19)14(12(15)20)7-5-4-6-8-14/h3-10H2,1-2H3,(H2,15,20)(H,16,18). The van der Waals surface area contributed by atoms with Crippen LogP contribution in [0.5, 0.6) is 0 Å². The molecule has 1 saturated carbocycles. The van der Waals surface area contributed by atoms with Crippen molar-refractivity contribution in [3.8, 4) is 0 Å². The molecule has 5 nitrogen and oxygen atoms in total. The molecule has 2 amide bonds. The summed E-state index contributed by atoms with van der Waals surface area (Å²) in [5.41, 5.74) is 5.14. The summed E-state index contributed by atoms with van der Waals surface area (Å²) < 4.78 is 0. The third kappa shape index (κ3) is 3.69. The number of likely N-dealkylation sites (N-methyl/N-ethyl adjacent to an activating group) is 1. The smallest absolute Gasteiger partial charge is 0.239 e. The Morgan fingerprint density at radius 3 is 2.35 bits per heavy atom. The van der Waals surface area contributed by atoms with Crippen LogP contribution in [0.1, 0.15) is 45.4 Å². The van der Waals surface area contributed by atoms with Crippen LogP contribution in [0.3, 0.4) is 0 Å². The van der Waals surface area contributed by atoms with Gasteiger partial charge in [0.25, 0.3) is 0 Å². The van der Waals surface area contributed by atoms with E-state index in [2.05, 4.69) is 5.32 Å². The fourth-order valence-corrected chi connectivity index (χ4v) is 3.09. The summed E-state index contributed by atoms with van der Waals surface area (Å²) in [6, 6.07) is 0. The maximum Gasteiger partial charge on any atom is 0.239 e. The first-order valence-corrected chi connectivity index (χ1v) is 7.68. The van der Waals surface area contributed by atoms with E-state index in [0.29, 0.717) is 19.4 Å². The predicted molar refractivity (Wildman–Crippen MR) is 83.2 cm³/mol. The molecule has 0 radical (unpaired) electrons. The van der Waals surface area contributed by atoms with Gasteiger partial charge in [-0.25, -0.2) is 0 Å². The average Bonchev–Trinajstić information content (AvgIpc) is 2.46. The van der Waals surface area contributed by atoms with Gasteiger partial charge in [0.05, 0.1) is 16.9 Å². The lowest BCUT2D eigenvalue weighted by Gasteiger charge is -2.38. The molecular formula is C14H25N3O2S. The van der Waals surface area contributed by atoms with Gasteiger partial charge in [-0.15, -0.1) is 0 Å². The van der Waals surface area contributed by atoms with E-state index in [1.807, 2.05) is 6.92 Å². The summed E-state index contributed by atoms with van der Waals surface area (Å²) in [5.74, 6) is -0.240. The lowest BCUT2D eigenvalue weighted by Crippen LogP contribution is -2.53. The molecule has 3 N–H and O–H groups in total. The normalized spacial score (nSPS) is 17.3. The van der Waals surface area contributed by atoms with E-state index in [1.54, 1.807) is 11.9 Å². The molecule has 1 rings (SSSR count). The Kier molecular flexibility index (Phi) is 6.39. The largest absolute Gasteiger partial charge is 0.392 e. The number of thiocarbonyl (C=S) groups is 1. The molecule has 1 aliphatic carbocycles. The zero-order chi connectivity index (χ0) is 15.2. The molecule has 0 aromatic carbocycles. The molecular weight excluding hydrogens is 274 g/mol. The average molecular weight is 299 g/mol. The molecule has 0 atom stereocenters. The minimum absolute atomic E-state index is 0.0739. The van der Waals surface area contributed by atoms with Crippen LogP contribution in [0.2, 0.25) is 0 Å². The van der Waals surface area contributed by atoms with Gasteiger partial charge in [0.1, 0.15) is 0 Å². The number of hydrogen-bond donors (Lipinski definition) is 2. The van der Waals surface area contributed by atoms with Gasteiger partial charge < -0.3 is 16.0 Å². The third-order valence-corrected chi connectivity index (χ3v) is 4.37. The Labute approximate surface area is 126 Å². The maximum absolute atomic E-state index is 12.9. The minimum atomic E-state index is -0.739. The van der Waals surface area contributed by atoms with Crippen molar-refractivity contribution in [1.82, 2.24) is 10.2 Å². The highest BCUT2D eigenvalue weighted by molar-refractivity contribution is 7.80. The van der Waals surface area contributed by atoms with Crippen molar-refractivity contribution in [2.24, 2.45) is 11.1 Å². The zero-order valence-corrected chi connectivity index (χ0v) is 13.2. The highest BCUT2D eigenvalue weighted by atomic mass is 32.1. The van der Waals surface area contributed by atoms with Gasteiger partial charge in [0, 0.05) is 13.6 Å². The summed E-state index contributed by atoms with van der Waals surface area (Å²) >= 11 is 5.18. The first-order chi connectivity index (χ1) is 9.47. The van der Waals surface area contributed by atoms with E-state index in [0.717, 1.165) is 25.7 Å². The summed E-state index contributed by atoms with van der Waals surface area (Å²) in [5, 5.41) is 2.56. The highest BCUT2D eigenvalue weighted by Crippen LogP contribution is 2.38. The Morgan fingerprint density at radius 1 is 1.30 bits per heavy atom. The van der Waals surface area contributed by atoms with Gasteiger partial charge >= 0.3 is 0 Å². The molecule has 0 spiro atoms. The van der Waals surface area contributed by atoms with E-state index >= 15 is 0 Å². The summed E-state index contributed by atoms with van der Waals surface area (Å²) in [6.45, 7) is 2.61. The molecule has 0 aromatic heterocycles. The zero-order valence-electron chi connectivity index (χ0n) is 12.4. The quantitative estimate of drug-likeness (QED) is 0.723. The van der Waals surface area contributed by atoms with Crippen LogP contribution in [0.25, 0.3) is 0 Å². The number of nitrogens with zero attached hydrogens (tertiary/aromatic N) is 1. The Hall–Kier alpha value is -1.17. The highest BCUT2D eigenvalue weighted by Gasteiger charge is 2.44. The number of rotatable bonds is 6. The summed E-state index contributed by atoms with van der Waals surface area (Å²) in [7, 11) is 1.57. The van der Waals surface area contributed by atoms with Gasteiger partial charge in [-0.2, -0.15) is 0 Å². The van der Waals surface area contributed by atoms with Crippen molar-refractivity contribution < 1.29 is 9.59 Å². The molecule has 0 saturated heterocycles. The van der Waals surface area contributed by atoms with Crippen LogP contribution in [0.15, 0.2) is 0 Å². The van der Waals surface area contributed by atoms with E-state index < -0.39 is 5.41 Å². The molecule has 114 valence electrons. The van der Waals surface area contributed by atoms with Crippen LogP contribution in [-0.2, 0) is 9.59 Å². The van der Waals surface area contributed by atoms with Gasteiger partial charge in [-0.3, -0.25) is 9.59 Å². The third-order valence-electron chi connectivity index (χ3n) is 3.98. The molecule has 0 heterocycles. The van der Waals surface area contributed by atoms with E-state index in [4.69, 9.17) is 18.0 Å². The number of amides is 2. The van der Waals surface area contributed by atoms with Crippen molar-refractivity contribution in [3.63, 3.8) is 0 Å². The molecule has 0 bridgehead atoms. The van der Waals surface area contributed by atoms with E-state index in [1.165, 1.54) is 0 Å². The van der Waals surface area contributed by atoms with Crippen molar-refractivity contribution in [1.29, 1.82) is 0 Å². The van der Waals surface area contributed by atoms with Crippen LogP contribution in [0.4, 0.5) is 0 Å². The van der Waals surface area contributed by atoms with Gasteiger partial charge in [-0.1, -0.05) is 38.4 Å². The number of hydrogen-bond acceptors (Lipinski definition) is 3. The minimum Gasteiger partial charge on any atom is -0.392 e. The number of nitrogens with one attached hydrogen (secondary N) is 1. The molecule has 0 aromatic rings. The van der Waals surface area contributed by atoms with Crippen LogP contribution >= 0.6 is 12.2 Å². The van der Waals surface area contributed by atoms with Crippen molar-refractivity contribution in [2.45, 2.75) is 45.4 Å². The number of nitrogens with two attached hydrogens (primary N) is 1. The topological polar surface area (TPSA) is 75.4 Å². The molecule has 1 aliphatic rings. The van der Waals surface area contributed by atoms with Crippen LogP contribution in [0, 0.1) is 5.41 Å². The van der Waals surface area contributed by atoms with Gasteiger partial charge in [0.15, 0.2) is 0 Å². The number of carbonyl (C=O) groups is 2. The Morgan fingerprint density at radius 2 is 1.90 bits per heavy atom. The Balaban J connectivity index is 2.94. The lowest BCUT2D eigenvalue weighted by molar-refractivity contribution is -0.143. The SMILES string of the molecule is CCCN(CC(=O)NC)C(=O)C1(C(N)=S)CCCCC1. The second kappa shape index (κ2) is 7.57. The summed E-state index contributed by atoms with van der Waals surface area (Å²) in [4.78, 5) is 26.3. The number of carbonyl (C=O) groups excluding carboxylic acids is 2.